The molecule has 0 aliphatic carbocycles. The summed E-state index contributed by atoms with van der Waals surface area (Å²) in [6.45, 7) is 0. The Morgan fingerprint density at radius 2 is 1.79 bits per heavy atom. The third kappa shape index (κ3) is 4.95. The molecule has 0 fully saturated rings. The molecule has 0 nitrogen and oxygen atoms in total. The molecule has 0 radical (unpaired) electrons. The second-order valence-corrected chi connectivity index (χ2v) is 7.67. The fraction of sp³-hybridized carbons (Fsp3) is 0. The molecule has 0 atom stereocenters. The second-order valence-electron chi connectivity index (χ2n) is 2.19. The highest BCUT2D eigenvalue weighted by molar-refractivity contribution is 8.41. The Morgan fingerprint density at radius 3 is 2.29 bits per heavy atom. The Kier molecular flexibility index (Phi) is 5.73. The van der Waals surface area contributed by atoms with Crippen molar-refractivity contribution in [1.82, 2.24) is 0 Å². The number of hydrogen-bond acceptors (Lipinski definition) is 5. The minimum absolute atomic E-state index is 0.501. The first-order valence-corrected chi connectivity index (χ1v) is 6.78. The number of thiocarbonyl (C=S) groups is 2. The van der Waals surface area contributed by atoms with Crippen molar-refractivity contribution >= 4 is 80.3 Å². The molecule has 14 heavy (non-hydrogen) atoms. The van der Waals surface area contributed by atoms with E-state index in [0.29, 0.717) is 7.06 Å². The van der Waals surface area contributed by atoms with Crippen LogP contribution < -0.4 is 0 Å². The van der Waals surface area contributed by atoms with E-state index in [1.165, 1.54) is 23.5 Å². The van der Waals surface area contributed by atoms with Crippen molar-refractivity contribution in [1.29, 1.82) is 0 Å². The highest BCUT2D eigenvalue weighted by Gasteiger charge is 1.98. The number of rotatable bonds is 2. The van der Waals surface area contributed by atoms with Gasteiger partial charge in [-0.05, 0) is 18.2 Å². The average Bonchev–Trinajstić information content (AvgIpc) is 2.01. The molecule has 1 aromatic carbocycles. The van der Waals surface area contributed by atoms with E-state index in [1.54, 1.807) is 0 Å². The van der Waals surface area contributed by atoms with Crippen molar-refractivity contribution in [3.63, 3.8) is 0 Å². The van der Waals surface area contributed by atoms with Gasteiger partial charge >= 0.3 is 0 Å². The van der Waals surface area contributed by atoms with E-state index in [4.69, 9.17) is 37.1 Å². The van der Waals surface area contributed by atoms with Gasteiger partial charge in [-0.1, -0.05) is 33.6 Å². The average molecular weight is 294 g/mol. The first kappa shape index (κ1) is 12.7. The fourth-order valence-electron chi connectivity index (χ4n) is 0.798. The van der Waals surface area contributed by atoms with Gasteiger partial charge in [0.1, 0.15) is 3.53 Å². The zero-order valence-electron chi connectivity index (χ0n) is 6.80. The van der Waals surface area contributed by atoms with Crippen LogP contribution in [-0.2, 0) is 12.6 Å². The maximum absolute atomic E-state index is 4.88. The molecule has 1 aromatic rings. The lowest BCUT2D eigenvalue weighted by Gasteiger charge is -2.05. The Morgan fingerprint density at radius 1 is 1.21 bits per heavy atom. The molecule has 0 saturated carbocycles. The predicted octanol–water partition coefficient (Wildman–Crippen LogP) is 3.92. The lowest BCUT2D eigenvalue weighted by atomic mass is 10.4. The minimum atomic E-state index is 0.501. The normalized spacial score (nSPS) is 9.79. The SMILES string of the molecule is S=C([S-])Sc1cccc(SC(=S)S)c1. The molecule has 0 N–H and O–H groups in total. The molecule has 0 aliphatic rings. The summed E-state index contributed by atoms with van der Waals surface area (Å²) in [5, 5.41) is 0. The third-order valence-corrected chi connectivity index (χ3v) is 3.56. The topological polar surface area (TPSA) is 0 Å². The van der Waals surface area contributed by atoms with Crippen LogP contribution in [0.15, 0.2) is 34.1 Å². The Balaban J connectivity index is 2.78. The lowest BCUT2D eigenvalue weighted by molar-refractivity contribution is 1.34. The van der Waals surface area contributed by atoms with Gasteiger partial charge in [-0.15, -0.1) is 24.4 Å². The fourth-order valence-corrected chi connectivity index (χ4v) is 3.11. The number of benzene rings is 1. The monoisotopic (exact) mass is 293 g/mol. The van der Waals surface area contributed by atoms with Gasteiger partial charge < -0.3 is 24.8 Å². The first-order valence-electron chi connectivity index (χ1n) is 3.47. The molecule has 0 saturated heterocycles. The Hall–Kier alpha value is 0.670. The van der Waals surface area contributed by atoms with Crippen molar-refractivity contribution in [2.75, 3.05) is 0 Å². The molecule has 0 heterocycles. The quantitative estimate of drug-likeness (QED) is 0.379. The maximum atomic E-state index is 4.88. The highest BCUT2D eigenvalue weighted by Crippen LogP contribution is 2.27. The Bertz CT molecular complexity index is 327. The molecule has 0 unspecified atom stereocenters. The lowest BCUT2D eigenvalue weighted by Crippen LogP contribution is -1.81. The molecule has 0 amide bonds. The maximum Gasteiger partial charge on any atom is 0.105 e. The summed E-state index contributed by atoms with van der Waals surface area (Å²) in [5.41, 5.74) is 0. The zero-order chi connectivity index (χ0) is 10.6. The van der Waals surface area contributed by atoms with Gasteiger partial charge in [0.25, 0.3) is 0 Å². The van der Waals surface area contributed by atoms with Gasteiger partial charge in [0.15, 0.2) is 0 Å². The van der Waals surface area contributed by atoms with Gasteiger partial charge in [0, 0.05) is 9.79 Å². The summed E-state index contributed by atoms with van der Waals surface area (Å²) < 4.78 is 1.11. The van der Waals surface area contributed by atoms with Gasteiger partial charge in [-0.2, -0.15) is 0 Å². The molecule has 1 rings (SSSR count). The van der Waals surface area contributed by atoms with Crippen LogP contribution in [0.1, 0.15) is 0 Å². The van der Waals surface area contributed by atoms with Gasteiger partial charge in [-0.3, -0.25) is 0 Å². The smallest absolute Gasteiger partial charge is 0.105 e. The van der Waals surface area contributed by atoms with Crippen molar-refractivity contribution in [3.05, 3.63) is 24.3 Å². The largest absolute Gasteiger partial charge is 0.422 e. The van der Waals surface area contributed by atoms with Gasteiger partial charge in [0.05, 0.1) is 0 Å². The van der Waals surface area contributed by atoms with Crippen LogP contribution in [0.3, 0.4) is 0 Å². The molecule has 0 aliphatic heterocycles. The molecule has 0 spiro atoms. The van der Waals surface area contributed by atoms with Crippen LogP contribution in [0, 0.1) is 0 Å². The summed E-state index contributed by atoms with van der Waals surface area (Å²) >= 11 is 21.5. The standard InChI is InChI=1S/C8H6S6/c9-7(10)13-5-2-1-3-6(4-5)14-8(11)12/h1-4H,(H,9,10)(H,11,12)/p-1. The summed E-state index contributed by atoms with van der Waals surface area (Å²) in [6.07, 6.45) is 0. The van der Waals surface area contributed by atoms with E-state index in [0.717, 1.165) is 9.79 Å². The van der Waals surface area contributed by atoms with Crippen LogP contribution in [0.25, 0.3) is 0 Å². The van der Waals surface area contributed by atoms with E-state index in [2.05, 4.69) is 12.6 Å². The predicted molar refractivity (Wildman–Crippen MR) is 79.7 cm³/mol. The second kappa shape index (κ2) is 6.30. The Labute approximate surface area is 113 Å². The number of thioether (sulfide) groups is 2. The van der Waals surface area contributed by atoms with Crippen LogP contribution in [0.2, 0.25) is 0 Å². The third-order valence-electron chi connectivity index (χ3n) is 1.21. The van der Waals surface area contributed by atoms with Crippen LogP contribution >= 0.6 is 60.6 Å². The summed E-state index contributed by atoms with van der Waals surface area (Å²) in [7, 11) is 0. The van der Waals surface area contributed by atoms with Crippen molar-refractivity contribution in [2.45, 2.75) is 9.79 Å². The van der Waals surface area contributed by atoms with Crippen LogP contribution in [0.4, 0.5) is 0 Å². The van der Waals surface area contributed by atoms with E-state index in [1.807, 2.05) is 24.3 Å². The van der Waals surface area contributed by atoms with E-state index in [9.17, 15) is 0 Å². The van der Waals surface area contributed by atoms with Crippen molar-refractivity contribution in [2.24, 2.45) is 0 Å². The van der Waals surface area contributed by atoms with E-state index in [-0.39, 0.29) is 0 Å². The summed E-state index contributed by atoms with van der Waals surface area (Å²) in [6, 6.07) is 7.89. The summed E-state index contributed by atoms with van der Waals surface area (Å²) in [5.74, 6) is 0. The zero-order valence-corrected chi connectivity index (χ0v) is 11.8. The van der Waals surface area contributed by atoms with E-state index >= 15 is 0 Å². The van der Waals surface area contributed by atoms with Crippen LogP contribution in [0.5, 0.6) is 0 Å². The molecular formula is C8H5S6-. The molecule has 6 heteroatoms. The van der Waals surface area contributed by atoms with Gasteiger partial charge in [-0.25, -0.2) is 0 Å². The number of thiol groups is 1. The minimum Gasteiger partial charge on any atom is -0.422 e. The van der Waals surface area contributed by atoms with E-state index < -0.39 is 0 Å². The summed E-state index contributed by atoms with van der Waals surface area (Å²) in [4.78, 5) is 2.10. The molecule has 0 bridgehead atoms. The number of hydrogen-bond donors (Lipinski definition) is 1. The molecular weight excluding hydrogens is 288 g/mol. The molecule has 0 aromatic heterocycles. The van der Waals surface area contributed by atoms with Crippen molar-refractivity contribution in [3.8, 4) is 0 Å². The first-order chi connectivity index (χ1) is 6.58. The van der Waals surface area contributed by atoms with Crippen molar-refractivity contribution < 1.29 is 0 Å². The van der Waals surface area contributed by atoms with Gasteiger partial charge in [0.2, 0.25) is 0 Å². The molecule has 74 valence electrons. The highest BCUT2D eigenvalue weighted by atomic mass is 32.2. The van der Waals surface area contributed by atoms with Crippen LogP contribution in [-0.4, -0.2) is 7.06 Å².